The lowest BCUT2D eigenvalue weighted by molar-refractivity contribution is -0.394. The molecule has 23 heavy (non-hydrogen) atoms. The molecule has 1 aromatic heterocycles. The standard InChI is InChI=1S/C14H14ClN5O3/c15-11-5-2-1-4-10(11)12-6-3-7-19(12)13(21)8-18-9-16-14(17-18)20(22)23/h1-2,4-5,9,12H,3,6-8H2. The zero-order valence-electron chi connectivity index (χ0n) is 12.1. The minimum absolute atomic E-state index is 0.0743. The molecular formula is C14H14ClN5O3. The van der Waals surface area contributed by atoms with Crippen LogP contribution in [0.2, 0.25) is 5.02 Å². The first-order chi connectivity index (χ1) is 11.1. The van der Waals surface area contributed by atoms with E-state index in [-0.39, 0.29) is 18.5 Å². The molecule has 1 saturated heterocycles. The molecule has 0 N–H and O–H groups in total. The minimum Gasteiger partial charge on any atom is -0.390 e. The van der Waals surface area contributed by atoms with Crippen LogP contribution in [0.1, 0.15) is 24.4 Å². The van der Waals surface area contributed by atoms with Gasteiger partial charge in [0.2, 0.25) is 12.2 Å². The molecule has 1 aliphatic rings. The van der Waals surface area contributed by atoms with Gasteiger partial charge in [-0.25, -0.2) is 0 Å². The molecule has 0 saturated carbocycles. The molecule has 9 heteroatoms. The molecule has 1 atom stereocenters. The van der Waals surface area contributed by atoms with Gasteiger partial charge in [0.1, 0.15) is 6.54 Å². The lowest BCUT2D eigenvalue weighted by Gasteiger charge is -2.25. The van der Waals surface area contributed by atoms with E-state index in [1.54, 1.807) is 11.0 Å². The van der Waals surface area contributed by atoms with Crippen LogP contribution in [0, 0.1) is 10.1 Å². The Labute approximate surface area is 136 Å². The van der Waals surface area contributed by atoms with Gasteiger partial charge in [0.15, 0.2) is 0 Å². The molecular weight excluding hydrogens is 322 g/mol. The van der Waals surface area contributed by atoms with Crippen molar-refractivity contribution in [2.24, 2.45) is 0 Å². The SMILES string of the molecule is O=C(Cn1cnc([N+](=O)[O-])n1)N1CCCC1c1ccccc1Cl. The van der Waals surface area contributed by atoms with E-state index < -0.39 is 10.9 Å². The quantitative estimate of drug-likeness (QED) is 0.630. The Morgan fingerprint density at radius 2 is 2.22 bits per heavy atom. The monoisotopic (exact) mass is 335 g/mol. The summed E-state index contributed by atoms with van der Waals surface area (Å²) in [6, 6.07) is 7.39. The molecule has 1 aliphatic heterocycles. The lowest BCUT2D eigenvalue weighted by Crippen LogP contribution is -2.33. The van der Waals surface area contributed by atoms with Gasteiger partial charge < -0.3 is 15.0 Å². The van der Waals surface area contributed by atoms with Crippen molar-refractivity contribution < 1.29 is 9.72 Å². The van der Waals surface area contributed by atoms with E-state index in [0.29, 0.717) is 11.6 Å². The minimum atomic E-state index is -0.691. The van der Waals surface area contributed by atoms with Crippen LogP contribution < -0.4 is 0 Å². The van der Waals surface area contributed by atoms with Crippen molar-refractivity contribution in [3.8, 4) is 0 Å². The Balaban J connectivity index is 1.75. The van der Waals surface area contributed by atoms with E-state index in [0.717, 1.165) is 18.4 Å². The second kappa shape index (κ2) is 6.33. The molecule has 8 nitrogen and oxygen atoms in total. The fourth-order valence-electron chi connectivity index (χ4n) is 2.81. The summed E-state index contributed by atoms with van der Waals surface area (Å²) in [5.74, 6) is -0.672. The highest BCUT2D eigenvalue weighted by Crippen LogP contribution is 2.35. The molecule has 0 bridgehead atoms. The number of hydrogen-bond donors (Lipinski definition) is 0. The number of nitro groups is 1. The van der Waals surface area contributed by atoms with Gasteiger partial charge in [-0.05, 0) is 29.4 Å². The zero-order chi connectivity index (χ0) is 16.4. The predicted octanol–water partition coefficient (Wildman–Crippen LogP) is 2.20. The summed E-state index contributed by atoms with van der Waals surface area (Å²) < 4.78 is 1.18. The van der Waals surface area contributed by atoms with Crippen LogP contribution in [0.25, 0.3) is 0 Å². The normalized spacial score (nSPS) is 17.4. The van der Waals surface area contributed by atoms with Crippen LogP contribution in [0.3, 0.4) is 0 Å². The van der Waals surface area contributed by atoms with Crippen LogP contribution in [-0.4, -0.2) is 37.0 Å². The van der Waals surface area contributed by atoms with Crippen LogP contribution in [0.5, 0.6) is 0 Å². The molecule has 120 valence electrons. The third-order valence-corrected chi connectivity index (χ3v) is 4.17. The number of benzene rings is 1. The lowest BCUT2D eigenvalue weighted by atomic mass is 10.0. The first kappa shape index (κ1) is 15.4. The van der Waals surface area contributed by atoms with Crippen LogP contribution >= 0.6 is 11.6 Å². The maximum absolute atomic E-state index is 12.5. The molecule has 1 amide bonds. The van der Waals surface area contributed by atoms with E-state index in [9.17, 15) is 14.9 Å². The van der Waals surface area contributed by atoms with Gasteiger partial charge in [-0.2, -0.15) is 4.68 Å². The Morgan fingerprint density at radius 3 is 2.91 bits per heavy atom. The summed E-state index contributed by atoms with van der Waals surface area (Å²) in [5, 5.41) is 14.9. The number of likely N-dealkylation sites (tertiary alicyclic amines) is 1. The van der Waals surface area contributed by atoms with Crippen molar-refractivity contribution >= 4 is 23.5 Å². The molecule has 0 radical (unpaired) electrons. The molecule has 2 aromatic rings. The van der Waals surface area contributed by atoms with Crippen molar-refractivity contribution in [1.29, 1.82) is 0 Å². The van der Waals surface area contributed by atoms with Gasteiger partial charge in [0.25, 0.3) is 0 Å². The van der Waals surface area contributed by atoms with Crippen LogP contribution in [0.15, 0.2) is 30.6 Å². The fourth-order valence-corrected chi connectivity index (χ4v) is 3.07. The van der Waals surface area contributed by atoms with Gasteiger partial charge >= 0.3 is 5.95 Å². The van der Waals surface area contributed by atoms with Crippen molar-refractivity contribution in [2.75, 3.05) is 6.54 Å². The van der Waals surface area contributed by atoms with Crippen molar-refractivity contribution in [2.45, 2.75) is 25.4 Å². The average molecular weight is 336 g/mol. The summed E-state index contributed by atoms with van der Waals surface area (Å²) in [7, 11) is 0. The molecule has 1 fully saturated rings. The Morgan fingerprint density at radius 1 is 1.43 bits per heavy atom. The van der Waals surface area contributed by atoms with Crippen molar-refractivity contribution in [3.05, 3.63) is 51.3 Å². The van der Waals surface area contributed by atoms with Crippen LogP contribution in [0.4, 0.5) is 5.95 Å². The topological polar surface area (TPSA) is 94.2 Å². The van der Waals surface area contributed by atoms with Gasteiger partial charge in [-0.15, -0.1) is 0 Å². The molecule has 3 rings (SSSR count). The second-order valence-electron chi connectivity index (χ2n) is 5.27. The number of carbonyl (C=O) groups is 1. The van der Waals surface area contributed by atoms with E-state index in [2.05, 4.69) is 10.1 Å². The molecule has 2 heterocycles. The van der Waals surface area contributed by atoms with Gasteiger partial charge in [-0.1, -0.05) is 34.8 Å². The number of halogens is 1. The summed E-state index contributed by atoms with van der Waals surface area (Å²) in [4.78, 5) is 27.7. The highest BCUT2D eigenvalue weighted by Gasteiger charge is 2.31. The fraction of sp³-hybridized carbons (Fsp3) is 0.357. The smallest absolute Gasteiger partial charge is 0.390 e. The third kappa shape index (κ3) is 3.16. The van der Waals surface area contributed by atoms with Crippen molar-refractivity contribution in [1.82, 2.24) is 19.7 Å². The number of carbonyl (C=O) groups excluding carboxylic acids is 1. The third-order valence-electron chi connectivity index (χ3n) is 3.82. The number of nitrogens with zero attached hydrogens (tertiary/aromatic N) is 5. The first-order valence-corrected chi connectivity index (χ1v) is 7.52. The first-order valence-electron chi connectivity index (χ1n) is 7.14. The Kier molecular flexibility index (Phi) is 4.24. The molecule has 0 aliphatic carbocycles. The van der Waals surface area contributed by atoms with Gasteiger partial charge in [0, 0.05) is 16.7 Å². The maximum atomic E-state index is 12.5. The highest BCUT2D eigenvalue weighted by atomic mass is 35.5. The zero-order valence-corrected chi connectivity index (χ0v) is 12.9. The Bertz CT molecular complexity index is 748. The molecule has 1 aromatic carbocycles. The van der Waals surface area contributed by atoms with E-state index >= 15 is 0 Å². The Hall–Kier alpha value is -2.48. The van der Waals surface area contributed by atoms with Gasteiger partial charge in [0.05, 0.1) is 6.04 Å². The summed E-state index contributed by atoms with van der Waals surface area (Å²) in [6.45, 7) is 0.549. The highest BCUT2D eigenvalue weighted by molar-refractivity contribution is 6.31. The van der Waals surface area contributed by atoms with Crippen LogP contribution in [-0.2, 0) is 11.3 Å². The second-order valence-corrected chi connectivity index (χ2v) is 5.67. The molecule has 1 unspecified atom stereocenters. The van der Waals surface area contributed by atoms with Gasteiger partial charge in [-0.3, -0.25) is 4.79 Å². The van der Waals surface area contributed by atoms with E-state index in [4.69, 9.17) is 11.6 Å². The summed E-state index contributed by atoms with van der Waals surface area (Å²) >= 11 is 6.23. The number of rotatable bonds is 4. The number of aromatic nitrogens is 3. The van der Waals surface area contributed by atoms with E-state index in [1.807, 2.05) is 18.2 Å². The predicted molar refractivity (Wildman–Crippen MR) is 81.8 cm³/mol. The molecule has 0 spiro atoms. The largest absolute Gasteiger partial charge is 0.490 e. The summed E-state index contributed by atoms with van der Waals surface area (Å²) in [5.41, 5.74) is 0.921. The van der Waals surface area contributed by atoms with Crippen molar-refractivity contribution in [3.63, 3.8) is 0 Å². The number of amides is 1. The number of hydrogen-bond acceptors (Lipinski definition) is 5. The average Bonchev–Trinajstić information content (AvgIpc) is 3.16. The van der Waals surface area contributed by atoms with E-state index in [1.165, 1.54) is 11.0 Å². The maximum Gasteiger partial charge on any atom is 0.490 e. The summed E-state index contributed by atoms with van der Waals surface area (Å²) in [6.07, 6.45) is 2.92.